The van der Waals surface area contributed by atoms with Gasteiger partial charge in [0.1, 0.15) is 4.47 Å². The van der Waals surface area contributed by atoms with Gasteiger partial charge in [-0.15, -0.1) is 0 Å². The lowest BCUT2D eigenvalue weighted by Crippen LogP contribution is -2.26. The van der Waals surface area contributed by atoms with Gasteiger partial charge >= 0.3 is 0 Å². The fourth-order valence-electron chi connectivity index (χ4n) is 2.42. The van der Waals surface area contributed by atoms with Gasteiger partial charge in [0.05, 0.1) is 11.9 Å². The second-order valence-corrected chi connectivity index (χ2v) is 6.82. The maximum absolute atomic E-state index is 12.2. The van der Waals surface area contributed by atoms with Gasteiger partial charge in [-0.05, 0) is 54.0 Å². The summed E-state index contributed by atoms with van der Waals surface area (Å²) in [5.74, 6) is 1.54. The number of halogens is 1. The molecule has 1 heterocycles. The van der Waals surface area contributed by atoms with Gasteiger partial charge in [-0.1, -0.05) is 12.8 Å². The first kappa shape index (κ1) is 13.2. The summed E-state index contributed by atoms with van der Waals surface area (Å²) < 4.78 is 2.20. The molecule has 0 radical (unpaired) electrons. The Hall–Kier alpha value is -0.840. The summed E-state index contributed by atoms with van der Waals surface area (Å²) in [7, 11) is 0. The van der Waals surface area contributed by atoms with Crippen molar-refractivity contribution in [2.24, 2.45) is 11.8 Å². The monoisotopic (exact) mass is 325 g/mol. The second kappa shape index (κ2) is 5.27. The van der Waals surface area contributed by atoms with E-state index in [4.69, 9.17) is 0 Å². The number of aromatic nitrogens is 2. The topological polar surface area (TPSA) is 46.9 Å². The van der Waals surface area contributed by atoms with Crippen LogP contribution < -0.4 is 10.9 Å². The van der Waals surface area contributed by atoms with Crippen LogP contribution in [0.5, 0.6) is 0 Å². The van der Waals surface area contributed by atoms with E-state index < -0.39 is 0 Å². The Balaban J connectivity index is 1.70. The predicted molar refractivity (Wildman–Crippen MR) is 79.3 cm³/mol. The molecule has 104 valence electrons. The van der Waals surface area contributed by atoms with Gasteiger partial charge in [0, 0.05) is 12.6 Å². The molecule has 0 aromatic carbocycles. The van der Waals surface area contributed by atoms with Gasteiger partial charge in [0.2, 0.25) is 0 Å². The van der Waals surface area contributed by atoms with Crippen LogP contribution in [0.15, 0.2) is 15.5 Å². The van der Waals surface area contributed by atoms with Crippen molar-refractivity contribution in [3.8, 4) is 0 Å². The van der Waals surface area contributed by atoms with E-state index in [1.54, 1.807) is 10.9 Å². The van der Waals surface area contributed by atoms with E-state index in [0.717, 1.165) is 18.2 Å². The van der Waals surface area contributed by atoms with E-state index in [9.17, 15) is 4.79 Å². The summed E-state index contributed by atoms with van der Waals surface area (Å²) in [6, 6.07) is 0.393. The van der Waals surface area contributed by atoms with Crippen molar-refractivity contribution in [1.29, 1.82) is 0 Å². The Kier molecular flexibility index (Phi) is 3.65. The average molecular weight is 326 g/mol. The summed E-state index contributed by atoms with van der Waals surface area (Å²) in [6.07, 6.45) is 8.12. The Morgan fingerprint density at radius 2 is 2.11 bits per heavy atom. The Bertz CT molecular complexity index is 520. The van der Waals surface area contributed by atoms with Crippen molar-refractivity contribution in [3.05, 3.63) is 21.0 Å². The first-order chi connectivity index (χ1) is 9.13. The molecule has 1 aromatic heterocycles. The summed E-state index contributed by atoms with van der Waals surface area (Å²) >= 11 is 3.42. The van der Waals surface area contributed by atoms with E-state index in [-0.39, 0.29) is 5.56 Å². The molecule has 0 saturated heterocycles. The number of hydrogen-bond acceptors (Lipinski definition) is 3. The van der Waals surface area contributed by atoms with Crippen molar-refractivity contribution in [3.63, 3.8) is 0 Å². The van der Waals surface area contributed by atoms with Crippen LogP contribution in [0.1, 0.15) is 39.0 Å². The number of anilines is 1. The van der Waals surface area contributed by atoms with Gasteiger partial charge < -0.3 is 5.32 Å². The van der Waals surface area contributed by atoms with Gasteiger partial charge in [0.25, 0.3) is 5.56 Å². The second-order valence-electron chi connectivity index (χ2n) is 6.03. The Morgan fingerprint density at radius 3 is 2.74 bits per heavy atom. The van der Waals surface area contributed by atoms with Crippen molar-refractivity contribution < 1.29 is 0 Å². The number of nitrogens with zero attached hydrogens (tertiary/aromatic N) is 2. The van der Waals surface area contributed by atoms with Crippen LogP contribution in [0.3, 0.4) is 0 Å². The average Bonchev–Trinajstić information content (AvgIpc) is 3.24. The maximum atomic E-state index is 12.2. The lowest BCUT2D eigenvalue weighted by atomic mass is 10.1. The van der Waals surface area contributed by atoms with Gasteiger partial charge in [-0.3, -0.25) is 4.79 Å². The zero-order valence-electron chi connectivity index (χ0n) is 11.2. The molecule has 2 saturated carbocycles. The summed E-state index contributed by atoms with van der Waals surface area (Å²) in [5.41, 5.74) is 0.806. The molecule has 0 bridgehead atoms. The summed E-state index contributed by atoms with van der Waals surface area (Å²) in [6.45, 7) is 2.93. The third-order valence-corrected chi connectivity index (χ3v) is 4.67. The molecule has 19 heavy (non-hydrogen) atoms. The van der Waals surface area contributed by atoms with E-state index in [1.807, 2.05) is 0 Å². The van der Waals surface area contributed by atoms with E-state index in [0.29, 0.717) is 16.4 Å². The molecule has 2 aliphatic carbocycles. The lowest BCUT2D eigenvalue weighted by molar-refractivity contribution is 0.531. The highest BCUT2D eigenvalue weighted by molar-refractivity contribution is 9.10. The van der Waals surface area contributed by atoms with Crippen molar-refractivity contribution >= 4 is 21.6 Å². The molecular weight excluding hydrogens is 306 g/mol. The first-order valence-corrected chi connectivity index (χ1v) is 7.95. The van der Waals surface area contributed by atoms with E-state index >= 15 is 0 Å². The molecule has 5 heteroatoms. The third-order valence-electron chi connectivity index (χ3n) is 3.90. The van der Waals surface area contributed by atoms with Crippen molar-refractivity contribution in [2.75, 3.05) is 5.32 Å². The molecular formula is C14H20BrN3O. The minimum atomic E-state index is -0.0180. The first-order valence-electron chi connectivity index (χ1n) is 7.15. The largest absolute Gasteiger partial charge is 0.380 e. The summed E-state index contributed by atoms with van der Waals surface area (Å²) in [4.78, 5) is 12.2. The molecule has 1 atom stereocenters. The smallest absolute Gasteiger partial charge is 0.283 e. The fraction of sp³-hybridized carbons (Fsp3) is 0.714. The quantitative estimate of drug-likeness (QED) is 0.874. The highest BCUT2D eigenvalue weighted by atomic mass is 79.9. The molecule has 2 fully saturated rings. The molecule has 1 unspecified atom stereocenters. The highest BCUT2D eigenvalue weighted by Gasteiger charge is 2.25. The molecule has 1 aromatic rings. The van der Waals surface area contributed by atoms with Gasteiger partial charge in [-0.25, -0.2) is 4.68 Å². The Labute approximate surface area is 121 Å². The molecule has 1 N–H and O–H groups in total. The standard InChI is InChI=1S/C14H20BrN3O/c1-9(6-10-2-3-10)17-12-7-16-18(8-11-4-5-11)14(19)13(12)15/h7,9-11,17H,2-6,8H2,1H3. The Morgan fingerprint density at radius 1 is 1.42 bits per heavy atom. The zero-order chi connectivity index (χ0) is 13.4. The highest BCUT2D eigenvalue weighted by Crippen LogP contribution is 2.34. The summed E-state index contributed by atoms with van der Waals surface area (Å²) in [5, 5.41) is 7.67. The van der Waals surface area contributed by atoms with Crippen LogP contribution in [0, 0.1) is 11.8 Å². The van der Waals surface area contributed by atoms with Crippen molar-refractivity contribution in [2.45, 2.75) is 51.6 Å². The van der Waals surface area contributed by atoms with Crippen LogP contribution in [0.25, 0.3) is 0 Å². The lowest BCUT2D eigenvalue weighted by Gasteiger charge is -2.16. The molecule has 0 spiro atoms. The molecule has 3 rings (SSSR count). The van der Waals surface area contributed by atoms with Crippen LogP contribution >= 0.6 is 15.9 Å². The molecule has 2 aliphatic rings. The SMILES string of the molecule is CC(CC1CC1)Nc1cnn(CC2CC2)c(=O)c1Br. The number of rotatable bonds is 6. The van der Waals surface area contributed by atoms with Gasteiger partial charge in [-0.2, -0.15) is 5.10 Å². The van der Waals surface area contributed by atoms with E-state index in [2.05, 4.69) is 33.3 Å². The maximum Gasteiger partial charge on any atom is 0.283 e. The number of nitrogens with one attached hydrogen (secondary N) is 1. The van der Waals surface area contributed by atoms with E-state index in [1.165, 1.54) is 32.1 Å². The van der Waals surface area contributed by atoms with Crippen LogP contribution in [0.2, 0.25) is 0 Å². The fourth-order valence-corrected chi connectivity index (χ4v) is 2.84. The minimum absolute atomic E-state index is 0.0180. The molecule has 0 aliphatic heterocycles. The van der Waals surface area contributed by atoms with Crippen LogP contribution in [-0.2, 0) is 6.54 Å². The predicted octanol–water partition coefficient (Wildman–Crippen LogP) is 3.02. The zero-order valence-corrected chi connectivity index (χ0v) is 12.8. The molecule has 4 nitrogen and oxygen atoms in total. The van der Waals surface area contributed by atoms with Crippen LogP contribution in [0.4, 0.5) is 5.69 Å². The van der Waals surface area contributed by atoms with Crippen LogP contribution in [-0.4, -0.2) is 15.8 Å². The van der Waals surface area contributed by atoms with Crippen molar-refractivity contribution in [1.82, 2.24) is 9.78 Å². The minimum Gasteiger partial charge on any atom is -0.380 e. The van der Waals surface area contributed by atoms with Gasteiger partial charge in [0.15, 0.2) is 0 Å². The normalized spacial score (nSPS) is 20.3. The molecule has 0 amide bonds. The third kappa shape index (κ3) is 3.38. The number of hydrogen-bond donors (Lipinski definition) is 1.